The van der Waals surface area contributed by atoms with Gasteiger partial charge in [0.25, 0.3) is 0 Å². The maximum absolute atomic E-state index is 11.8. The Hall–Kier alpha value is -1.87. The third kappa shape index (κ3) is 3.12. The molecule has 0 radical (unpaired) electrons. The summed E-state index contributed by atoms with van der Waals surface area (Å²) in [6.45, 7) is 3.59. The van der Waals surface area contributed by atoms with Crippen molar-refractivity contribution in [2.45, 2.75) is 33.4 Å². The van der Waals surface area contributed by atoms with Gasteiger partial charge in [0.05, 0.1) is 12.3 Å². The van der Waals surface area contributed by atoms with Gasteiger partial charge < -0.3 is 5.11 Å². The zero-order valence-electron chi connectivity index (χ0n) is 10.6. The molecule has 2 N–H and O–H groups in total. The van der Waals surface area contributed by atoms with Gasteiger partial charge in [-0.25, -0.2) is 4.68 Å². The number of amides is 1. The van der Waals surface area contributed by atoms with E-state index in [1.54, 1.807) is 0 Å². The number of aliphatic hydroxyl groups is 1. The first kappa shape index (κ1) is 13.6. The van der Waals surface area contributed by atoms with E-state index in [0.29, 0.717) is 17.2 Å². The van der Waals surface area contributed by atoms with Crippen molar-refractivity contribution >= 4 is 22.4 Å². The van der Waals surface area contributed by atoms with Crippen LogP contribution in [-0.4, -0.2) is 36.2 Å². The van der Waals surface area contributed by atoms with E-state index in [0.717, 1.165) is 10.7 Å². The molecule has 0 fully saturated rings. The highest BCUT2D eigenvalue weighted by molar-refractivity contribution is 7.15. The van der Waals surface area contributed by atoms with Gasteiger partial charge in [-0.1, -0.05) is 23.5 Å². The number of aliphatic hydroxyl groups excluding tert-OH is 1. The molecule has 8 nitrogen and oxygen atoms in total. The zero-order valence-corrected chi connectivity index (χ0v) is 11.4. The number of aromatic nitrogens is 5. The number of nitrogens with one attached hydrogen (secondary N) is 1. The molecule has 9 heteroatoms. The average Bonchev–Trinajstić information content (AvgIpc) is 2.95. The van der Waals surface area contributed by atoms with Crippen molar-refractivity contribution < 1.29 is 9.90 Å². The van der Waals surface area contributed by atoms with Crippen LogP contribution in [0.2, 0.25) is 0 Å². The van der Waals surface area contributed by atoms with Gasteiger partial charge in [-0.15, -0.1) is 15.3 Å². The van der Waals surface area contributed by atoms with Crippen LogP contribution in [0.25, 0.3) is 0 Å². The topological polar surface area (TPSA) is 106 Å². The lowest BCUT2D eigenvalue weighted by Crippen LogP contribution is -2.21. The number of aryl methyl sites for hydroxylation is 1. The van der Waals surface area contributed by atoms with Gasteiger partial charge in [0.15, 0.2) is 0 Å². The second kappa shape index (κ2) is 5.85. The van der Waals surface area contributed by atoms with Gasteiger partial charge in [-0.05, 0) is 13.3 Å². The molecule has 0 saturated heterocycles. The van der Waals surface area contributed by atoms with Crippen LogP contribution in [0.1, 0.15) is 23.3 Å². The summed E-state index contributed by atoms with van der Waals surface area (Å²) in [5, 5.41) is 28.3. The number of carbonyl (C=O) groups excluding carboxylic acids is 1. The van der Waals surface area contributed by atoms with Crippen molar-refractivity contribution in [3.05, 3.63) is 16.4 Å². The Labute approximate surface area is 113 Å². The van der Waals surface area contributed by atoms with Crippen molar-refractivity contribution in [1.82, 2.24) is 25.2 Å². The zero-order chi connectivity index (χ0) is 13.8. The van der Waals surface area contributed by atoms with Crippen LogP contribution >= 0.6 is 11.3 Å². The molecule has 0 unspecified atom stereocenters. The monoisotopic (exact) mass is 282 g/mol. The fourth-order valence-electron chi connectivity index (χ4n) is 1.65. The van der Waals surface area contributed by atoms with E-state index >= 15 is 0 Å². The molecular formula is C10H14N6O2S. The molecule has 0 aliphatic carbocycles. The Morgan fingerprint density at radius 3 is 2.79 bits per heavy atom. The van der Waals surface area contributed by atoms with Crippen LogP contribution in [0.4, 0.5) is 5.13 Å². The molecular weight excluding hydrogens is 268 g/mol. The summed E-state index contributed by atoms with van der Waals surface area (Å²) in [6.07, 6.45) is 0.647. The standard InChI is InChI=1S/C10H14N6O2S/c1-3-8-7(5-17)13-15-16(8)4-9(18)11-10-14-12-6(2)19-10/h17H,3-5H2,1-2H3,(H,11,14,18). The third-order valence-electron chi connectivity index (χ3n) is 2.47. The van der Waals surface area contributed by atoms with Crippen LogP contribution in [0.3, 0.4) is 0 Å². The van der Waals surface area contributed by atoms with Gasteiger partial charge in [0.1, 0.15) is 17.2 Å². The maximum Gasteiger partial charge on any atom is 0.248 e. The lowest BCUT2D eigenvalue weighted by molar-refractivity contribution is -0.117. The number of hydrogen-bond donors (Lipinski definition) is 2. The Balaban J connectivity index is 2.04. The molecule has 0 atom stereocenters. The van der Waals surface area contributed by atoms with Crippen LogP contribution in [0.5, 0.6) is 0 Å². The van der Waals surface area contributed by atoms with Crippen LogP contribution in [0.15, 0.2) is 0 Å². The maximum atomic E-state index is 11.8. The van der Waals surface area contributed by atoms with Crippen LogP contribution in [0, 0.1) is 6.92 Å². The highest BCUT2D eigenvalue weighted by Gasteiger charge is 2.14. The normalized spacial score (nSPS) is 10.7. The Kier molecular flexibility index (Phi) is 4.17. The summed E-state index contributed by atoms with van der Waals surface area (Å²) in [6, 6.07) is 0. The van der Waals surface area contributed by atoms with Gasteiger partial charge in [0.2, 0.25) is 11.0 Å². The molecule has 2 aromatic heterocycles. The minimum Gasteiger partial charge on any atom is -0.390 e. The highest BCUT2D eigenvalue weighted by Crippen LogP contribution is 2.13. The van der Waals surface area contributed by atoms with E-state index < -0.39 is 0 Å². The van der Waals surface area contributed by atoms with Gasteiger partial charge in [0, 0.05) is 0 Å². The van der Waals surface area contributed by atoms with Crippen molar-refractivity contribution in [1.29, 1.82) is 0 Å². The van der Waals surface area contributed by atoms with E-state index in [4.69, 9.17) is 5.11 Å². The second-order valence-corrected chi connectivity index (χ2v) is 5.01. The largest absolute Gasteiger partial charge is 0.390 e. The first-order valence-corrected chi connectivity index (χ1v) is 6.57. The van der Waals surface area contributed by atoms with Gasteiger partial charge in [-0.3, -0.25) is 10.1 Å². The summed E-state index contributed by atoms with van der Waals surface area (Å²) in [5.74, 6) is -0.250. The number of nitrogens with zero attached hydrogens (tertiary/aromatic N) is 5. The molecule has 0 aliphatic rings. The molecule has 19 heavy (non-hydrogen) atoms. The van der Waals surface area contributed by atoms with E-state index in [1.165, 1.54) is 16.0 Å². The van der Waals surface area contributed by atoms with Gasteiger partial charge >= 0.3 is 0 Å². The van der Waals surface area contributed by atoms with Crippen molar-refractivity contribution in [3.63, 3.8) is 0 Å². The molecule has 2 aromatic rings. The summed E-state index contributed by atoms with van der Waals surface area (Å²) in [7, 11) is 0. The summed E-state index contributed by atoms with van der Waals surface area (Å²) < 4.78 is 1.48. The average molecular weight is 282 g/mol. The van der Waals surface area contributed by atoms with E-state index in [-0.39, 0.29) is 19.1 Å². The summed E-state index contributed by atoms with van der Waals surface area (Å²) in [5.41, 5.74) is 1.26. The van der Waals surface area contributed by atoms with E-state index in [9.17, 15) is 4.79 Å². The van der Waals surface area contributed by atoms with E-state index in [1.807, 2.05) is 13.8 Å². The Morgan fingerprint density at radius 1 is 1.42 bits per heavy atom. The summed E-state index contributed by atoms with van der Waals surface area (Å²) in [4.78, 5) is 11.8. The fraction of sp³-hybridized carbons (Fsp3) is 0.500. The molecule has 0 bridgehead atoms. The fourth-order valence-corrected chi connectivity index (χ4v) is 2.26. The van der Waals surface area contributed by atoms with E-state index in [2.05, 4.69) is 25.8 Å². The molecule has 2 heterocycles. The first-order chi connectivity index (χ1) is 9.13. The molecule has 1 amide bonds. The number of rotatable bonds is 5. The van der Waals surface area contributed by atoms with Gasteiger partial charge in [-0.2, -0.15) is 0 Å². The van der Waals surface area contributed by atoms with Crippen molar-refractivity contribution in [2.75, 3.05) is 5.32 Å². The molecule has 0 spiro atoms. The number of hydrogen-bond acceptors (Lipinski definition) is 7. The Morgan fingerprint density at radius 2 is 2.21 bits per heavy atom. The molecule has 2 rings (SSSR count). The predicted molar refractivity (Wildman–Crippen MR) is 68.6 cm³/mol. The minimum atomic E-state index is -0.250. The molecule has 0 saturated carbocycles. The smallest absolute Gasteiger partial charge is 0.248 e. The van der Waals surface area contributed by atoms with Crippen molar-refractivity contribution in [2.24, 2.45) is 0 Å². The third-order valence-corrected chi connectivity index (χ3v) is 3.22. The molecule has 0 aromatic carbocycles. The number of anilines is 1. The summed E-state index contributed by atoms with van der Waals surface area (Å²) >= 11 is 1.31. The minimum absolute atomic E-state index is 0.0365. The van der Waals surface area contributed by atoms with Crippen LogP contribution < -0.4 is 5.32 Å². The number of carbonyl (C=O) groups is 1. The van der Waals surface area contributed by atoms with Crippen molar-refractivity contribution in [3.8, 4) is 0 Å². The quantitative estimate of drug-likeness (QED) is 0.807. The lowest BCUT2D eigenvalue weighted by Gasteiger charge is -2.04. The second-order valence-electron chi connectivity index (χ2n) is 3.83. The first-order valence-electron chi connectivity index (χ1n) is 5.76. The predicted octanol–water partition coefficient (Wildman–Crippen LogP) is 0.131. The SMILES string of the molecule is CCc1c(CO)nnn1CC(=O)Nc1nnc(C)s1. The molecule has 102 valence electrons. The Bertz CT molecular complexity index is 578. The lowest BCUT2D eigenvalue weighted by atomic mass is 10.2. The van der Waals surface area contributed by atoms with Crippen LogP contribution in [-0.2, 0) is 24.4 Å². The molecule has 0 aliphatic heterocycles. The highest BCUT2D eigenvalue weighted by atomic mass is 32.1.